The number of piperazine rings is 1. The van der Waals surface area contributed by atoms with Crippen LogP contribution in [0.3, 0.4) is 0 Å². The highest BCUT2D eigenvalue weighted by Gasteiger charge is 2.10. The van der Waals surface area contributed by atoms with E-state index in [9.17, 15) is 0 Å². The van der Waals surface area contributed by atoms with Crippen molar-refractivity contribution in [2.45, 2.75) is 6.42 Å². The van der Waals surface area contributed by atoms with Gasteiger partial charge in [0, 0.05) is 50.1 Å². The van der Waals surface area contributed by atoms with Gasteiger partial charge in [0.1, 0.15) is 5.01 Å². The van der Waals surface area contributed by atoms with Crippen LogP contribution in [0.5, 0.6) is 0 Å². The Morgan fingerprint density at radius 2 is 1.95 bits per heavy atom. The van der Waals surface area contributed by atoms with E-state index in [-0.39, 0.29) is 0 Å². The molecule has 3 rings (SSSR count). The third-order valence-electron chi connectivity index (χ3n) is 3.47. The molecule has 1 fully saturated rings. The molecule has 0 spiro atoms. The van der Waals surface area contributed by atoms with Gasteiger partial charge in [-0.25, -0.2) is 4.98 Å². The van der Waals surface area contributed by atoms with Crippen LogP contribution < -0.4 is 5.32 Å². The van der Waals surface area contributed by atoms with Gasteiger partial charge in [-0.1, -0.05) is 30.3 Å². The van der Waals surface area contributed by atoms with Crippen LogP contribution in [0.4, 0.5) is 0 Å². The molecule has 1 aliphatic rings. The van der Waals surface area contributed by atoms with Gasteiger partial charge in [-0.05, 0) is 0 Å². The summed E-state index contributed by atoms with van der Waals surface area (Å²) < 4.78 is 0. The summed E-state index contributed by atoms with van der Waals surface area (Å²) >= 11 is 1.75. The number of nitrogens with zero attached hydrogens (tertiary/aromatic N) is 2. The maximum absolute atomic E-state index is 4.74. The number of rotatable bonds is 4. The second kappa shape index (κ2) is 6.28. The largest absolute Gasteiger partial charge is 0.314 e. The van der Waals surface area contributed by atoms with E-state index in [4.69, 9.17) is 4.98 Å². The molecule has 1 saturated heterocycles. The molecule has 19 heavy (non-hydrogen) atoms. The highest BCUT2D eigenvalue weighted by Crippen LogP contribution is 2.23. The predicted molar refractivity (Wildman–Crippen MR) is 80.6 cm³/mol. The molecule has 0 bridgehead atoms. The van der Waals surface area contributed by atoms with Crippen molar-refractivity contribution in [2.24, 2.45) is 0 Å². The smallest absolute Gasteiger partial charge is 0.123 e. The highest BCUT2D eigenvalue weighted by molar-refractivity contribution is 7.13. The van der Waals surface area contributed by atoms with E-state index in [1.807, 2.05) is 6.07 Å². The number of hydrogen-bond donors (Lipinski definition) is 1. The highest BCUT2D eigenvalue weighted by atomic mass is 32.1. The number of thiazole rings is 1. The molecule has 1 aliphatic heterocycles. The fraction of sp³-hybridized carbons (Fsp3) is 0.400. The Balaban J connectivity index is 1.59. The van der Waals surface area contributed by atoms with Gasteiger partial charge in [0.25, 0.3) is 0 Å². The fourth-order valence-corrected chi connectivity index (χ4v) is 3.20. The van der Waals surface area contributed by atoms with Gasteiger partial charge < -0.3 is 10.2 Å². The van der Waals surface area contributed by atoms with Gasteiger partial charge in [0.15, 0.2) is 0 Å². The Morgan fingerprint density at radius 1 is 1.16 bits per heavy atom. The lowest BCUT2D eigenvalue weighted by atomic mass is 10.2. The van der Waals surface area contributed by atoms with Gasteiger partial charge >= 0.3 is 0 Å². The zero-order chi connectivity index (χ0) is 12.9. The number of nitrogens with one attached hydrogen (secondary N) is 1. The number of aromatic nitrogens is 1. The summed E-state index contributed by atoms with van der Waals surface area (Å²) in [6, 6.07) is 10.4. The lowest BCUT2D eigenvalue weighted by Crippen LogP contribution is -2.44. The molecule has 3 nitrogen and oxygen atoms in total. The minimum absolute atomic E-state index is 1.06. The number of hydrogen-bond acceptors (Lipinski definition) is 4. The van der Waals surface area contributed by atoms with E-state index >= 15 is 0 Å². The van der Waals surface area contributed by atoms with Crippen molar-refractivity contribution in [3.63, 3.8) is 0 Å². The maximum atomic E-state index is 4.74. The second-order valence-electron chi connectivity index (χ2n) is 4.85. The Morgan fingerprint density at radius 3 is 2.74 bits per heavy atom. The summed E-state index contributed by atoms with van der Waals surface area (Å²) in [5.41, 5.74) is 2.45. The molecule has 0 aliphatic carbocycles. The molecule has 0 unspecified atom stereocenters. The van der Waals surface area contributed by atoms with E-state index < -0.39 is 0 Å². The SMILES string of the molecule is c1ccc(-c2nc(CCN3CCNCC3)cs2)cc1. The molecule has 1 aromatic heterocycles. The number of benzene rings is 1. The third-order valence-corrected chi connectivity index (χ3v) is 4.41. The first-order chi connectivity index (χ1) is 9.42. The van der Waals surface area contributed by atoms with Crippen molar-refractivity contribution in [3.05, 3.63) is 41.4 Å². The van der Waals surface area contributed by atoms with Crippen molar-refractivity contribution >= 4 is 11.3 Å². The van der Waals surface area contributed by atoms with E-state index in [1.54, 1.807) is 11.3 Å². The van der Waals surface area contributed by atoms with Crippen LogP contribution in [0.15, 0.2) is 35.7 Å². The summed E-state index contributed by atoms with van der Waals surface area (Å²) in [5, 5.41) is 6.72. The van der Waals surface area contributed by atoms with E-state index in [0.717, 1.165) is 44.2 Å². The monoisotopic (exact) mass is 273 g/mol. The van der Waals surface area contributed by atoms with Crippen LogP contribution >= 0.6 is 11.3 Å². The minimum atomic E-state index is 1.06. The van der Waals surface area contributed by atoms with E-state index in [0.29, 0.717) is 0 Å². The second-order valence-corrected chi connectivity index (χ2v) is 5.71. The van der Waals surface area contributed by atoms with Crippen LogP contribution in [-0.4, -0.2) is 42.6 Å². The van der Waals surface area contributed by atoms with Crippen LogP contribution in [0, 0.1) is 0 Å². The zero-order valence-corrected chi connectivity index (χ0v) is 11.8. The van der Waals surface area contributed by atoms with Gasteiger partial charge in [0.2, 0.25) is 0 Å². The molecular formula is C15H19N3S. The third kappa shape index (κ3) is 3.41. The average molecular weight is 273 g/mol. The topological polar surface area (TPSA) is 28.2 Å². The minimum Gasteiger partial charge on any atom is -0.314 e. The Bertz CT molecular complexity index is 503. The van der Waals surface area contributed by atoms with Crippen LogP contribution in [-0.2, 0) is 6.42 Å². The van der Waals surface area contributed by atoms with Crippen molar-refractivity contribution in [2.75, 3.05) is 32.7 Å². The Hall–Kier alpha value is -1.23. The average Bonchev–Trinajstić information content (AvgIpc) is 2.96. The quantitative estimate of drug-likeness (QED) is 0.926. The summed E-state index contributed by atoms with van der Waals surface area (Å²) in [5.74, 6) is 0. The lowest BCUT2D eigenvalue weighted by molar-refractivity contribution is 0.243. The molecule has 1 N–H and O–H groups in total. The molecule has 0 radical (unpaired) electrons. The molecule has 4 heteroatoms. The van der Waals surface area contributed by atoms with E-state index in [1.165, 1.54) is 11.3 Å². The molecule has 2 heterocycles. The molecule has 0 atom stereocenters. The Kier molecular flexibility index (Phi) is 4.23. The summed E-state index contributed by atoms with van der Waals surface area (Å²) in [4.78, 5) is 7.25. The van der Waals surface area contributed by atoms with E-state index in [2.05, 4.69) is 39.9 Å². The molecule has 2 aromatic rings. The molecule has 0 saturated carbocycles. The van der Waals surface area contributed by atoms with Gasteiger partial charge in [-0.15, -0.1) is 11.3 Å². The molecule has 100 valence electrons. The van der Waals surface area contributed by atoms with Gasteiger partial charge in [-0.3, -0.25) is 0 Å². The lowest BCUT2D eigenvalue weighted by Gasteiger charge is -2.26. The fourth-order valence-electron chi connectivity index (χ4n) is 2.34. The molecule has 1 aromatic carbocycles. The first kappa shape index (κ1) is 12.8. The first-order valence-corrected chi connectivity index (χ1v) is 7.73. The Labute approximate surface area is 118 Å². The molecular weight excluding hydrogens is 254 g/mol. The van der Waals surface area contributed by atoms with Crippen molar-refractivity contribution in [1.29, 1.82) is 0 Å². The van der Waals surface area contributed by atoms with Crippen molar-refractivity contribution < 1.29 is 0 Å². The zero-order valence-electron chi connectivity index (χ0n) is 11.0. The van der Waals surface area contributed by atoms with Crippen LogP contribution in [0.2, 0.25) is 0 Å². The van der Waals surface area contributed by atoms with Crippen molar-refractivity contribution in [1.82, 2.24) is 15.2 Å². The van der Waals surface area contributed by atoms with Gasteiger partial charge in [0.05, 0.1) is 5.69 Å². The van der Waals surface area contributed by atoms with Crippen molar-refractivity contribution in [3.8, 4) is 10.6 Å². The summed E-state index contributed by atoms with van der Waals surface area (Å²) in [6.07, 6.45) is 1.06. The predicted octanol–water partition coefficient (Wildman–Crippen LogP) is 2.26. The maximum Gasteiger partial charge on any atom is 0.123 e. The summed E-state index contributed by atoms with van der Waals surface area (Å²) in [7, 11) is 0. The summed E-state index contributed by atoms with van der Waals surface area (Å²) in [6.45, 7) is 5.68. The van der Waals surface area contributed by atoms with Crippen LogP contribution in [0.1, 0.15) is 5.69 Å². The molecule has 0 amide bonds. The normalized spacial score (nSPS) is 16.6. The van der Waals surface area contributed by atoms with Crippen LogP contribution in [0.25, 0.3) is 10.6 Å². The first-order valence-electron chi connectivity index (χ1n) is 6.85. The standard InChI is InChI=1S/C15H19N3S/c1-2-4-13(5-3-1)15-17-14(12-19-15)6-9-18-10-7-16-8-11-18/h1-5,12,16H,6-11H2. The van der Waals surface area contributed by atoms with Gasteiger partial charge in [-0.2, -0.15) is 0 Å².